The maximum atomic E-state index is 10.9. The molecule has 0 aromatic rings. The molecule has 9 heteroatoms. The van der Waals surface area contributed by atoms with Gasteiger partial charge in [-0.05, 0) is 0 Å². The molecular formula is C13H26CoO6S2-2. The predicted molar refractivity (Wildman–Crippen MR) is 87.1 cm³/mol. The van der Waals surface area contributed by atoms with E-state index in [9.17, 15) is 4.79 Å². The first kappa shape index (κ1) is 27.2. The average Bonchev–Trinajstić information content (AvgIpc) is 2.52. The first-order chi connectivity index (χ1) is 10.7. The molecule has 137 valence electrons. The monoisotopic (exact) mass is 401 g/mol. The van der Waals surface area contributed by atoms with Crippen LogP contribution in [0.3, 0.4) is 0 Å². The van der Waals surface area contributed by atoms with Crippen LogP contribution in [-0.2, 0) is 43.3 Å². The summed E-state index contributed by atoms with van der Waals surface area (Å²) in [5.74, 6) is 0.952. The van der Waals surface area contributed by atoms with Gasteiger partial charge in [-0.3, -0.25) is 4.79 Å². The Morgan fingerprint density at radius 3 is 1.68 bits per heavy atom. The second kappa shape index (κ2) is 29.4. The molecule has 0 unspecified atom stereocenters. The molecule has 0 aromatic carbocycles. The number of ether oxygens (including phenoxy) is 4. The second-order valence-electron chi connectivity index (χ2n) is 3.25. The SMILES string of the molecule is [CH2-]COCCOCCOCCOC(=O)CCS.[CH2-]CS.[O]=[Co]. The minimum atomic E-state index is -0.245. The molecule has 0 bridgehead atoms. The third-order valence-electron chi connectivity index (χ3n) is 1.70. The van der Waals surface area contributed by atoms with Gasteiger partial charge in [0.15, 0.2) is 0 Å². The first-order valence-corrected chi connectivity index (χ1v) is 8.24. The average molecular weight is 401 g/mol. The van der Waals surface area contributed by atoms with Crippen LogP contribution in [0.5, 0.6) is 0 Å². The summed E-state index contributed by atoms with van der Waals surface area (Å²) >= 11 is 9.91. The number of carbonyl (C=O) groups excluding carboxylic acids is 1. The minimum absolute atomic E-state index is 0.245. The van der Waals surface area contributed by atoms with Crippen molar-refractivity contribution in [2.45, 2.75) is 6.42 Å². The number of thiol groups is 2. The van der Waals surface area contributed by atoms with Crippen LogP contribution in [0.2, 0.25) is 0 Å². The number of hydrogen-bond donors (Lipinski definition) is 2. The molecule has 0 spiro atoms. The predicted octanol–water partition coefficient (Wildman–Crippen LogP) is 1.36. The molecule has 0 rings (SSSR count). The molecule has 0 N–H and O–H groups in total. The number of hydrogen-bond acceptors (Lipinski definition) is 8. The van der Waals surface area contributed by atoms with Gasteiger partial charge in [0.05, 0.1) is 39.5 Å². The molecule has 6 nitrogen and oxygen atoms in total. The molecule has 0 radical (unpaired) electrons. The van der Waals surface area contributed by atoms with E-state index in [1.807, 2.05) is 0 Å². The number of carbonyl (C=O) groups is 1. The Balaban J connectivity index is -0.000000637. The summed E-state index contributed by atoms with van der Waals surface area (Å²) in [5.41, 5.74) is 0. The van der Waals surface area contributed by atoms with Gasteiger partial charge in [-0.2, -0.15) is 12.6 Å². The van der Waals surface area contributed by atoms with Gasteiger partial charge >= 0.3 is 25.5 Å². The Kier molecular flexibility index (Phi) is 36.3. The van der Waals surface area contributed by atoms with Crippen LogP contribution in [-0.4, -0.2) is 63.7 Å². The van der Waals surface area contributed by atoms with E-state index < -0.39 is 0 Å². The molecule has 0 aromatic heterocycles. The number of esters is 1. The molecule has 0 aliphatic rings. The second-order valence-corrected chi connectivity index (χ2v) is 4.15. The van der Waals surface area contributed by atoms with Crippen molar-refractivity contribution in [3.8, 4) is 0 Å². The molecule has 0 saturated carbocycles. The van der Waals surface area contributed by atoms with Crippen molar-refractivity contribution in [3.05, 3.63) is 13.8 Å². The van der Waals surface area contributed by atoms with Crippen LogP contribution in [0.1, 0.15) is 6.42 Å². The van der Waals surface area contributed by atoms with Crippen LogP contribution in [0.4, 0.5) is 0 Å². The van der Waals surface area contributed by atoms with Crippen molar-refractivity contribution in [1.82, 2.24) is 0 Å². The van der Waals surface area contributed by atoms with Crippen molar-refractivity contribution in [2.75, 3.05) is 57.8 Å². The topological polar surface area (TPSA) is 71.1 Å². The zero-order chi connectivity index (χ0) is 17.5. The molecular weight excluding hydrogens is 375 g/mol. The Labute approximate surface area is 152 Å². The molecule has 0 heterocycles. The molecule has 0 atom stereocenters. The standard InChI is InChI=1S/C11H21O5S.C2H5S.Co.O/c1-2-13-4-5-14-6-7-15-8-9-16-11(12)3-10-17;1-2-3;;/h17H,1-10H2;3H,1-2H2;;/q2*-1;;. The fourth-order valence-electron chi connectivity index (χ4n) is 0.920. The van der Waals surface area contributed by atoms with E-state index in [0.717, 1.165) is 0 Å². The van der Waals surface area contributed by atoms with E-state index in [1.165, 1.54) is 0 Å². The van der Waals surface area contributed by atoms with E-state index in [2.05, 4.69) is 54.8 Å². The summed E-state index contributed by atoms with van der Waals surface area (Å²) in [6.07, 6.45) is 0.332. The van der Waals surface area contributed by atoms with E-state index in [-0.39, 0.29) is 12.6 Å². The van der Waals surface area contributed by atoms with Gasteiger partial charge in [0.25, 0.3) is 0 Å². The van der Waals surface area contributed by atoms with Crippen LogP contribution >= 0.6 is 25.3 Å². The fourth-order valence-corrected chi connectivity index (χ4v) is 1.10. The van der Waals surface area contributed by atoms with Gasteiger partial charge in [0, 0.05) is 5.75 Å². The first-order valence-electron chi connectivity index (χ1n) is 6.55. The van der Waals surface area contributed by atoms with Crippen LogP contribution in [0.15, 0.2) is 0 Å². The van der Waals surface area contributed by atoms with Crippen molar-refractivity contribution in [3.63, 3.8) is 0 Å². The summed E-state index contributed by atoms with van der Waals surface area (Å²) < 4.78 is 28.2. The van der Waals surface area contributed by atoms with Gasteiger partial charge in [0.2, 0.25) is 0 Å². The molecule has 0 amide bonds. The normalized spacial score (nSPS) is 9.14. The van der Waals surface area contributed by atoms with Crippen molar-refractivity contribution in [2.24, 2.45) is 0 Å². The fraction of sp³-hybridized carbons (Fsp3) is 0.769. The van der Waals surface area contributed by atoms with E-state index in [0.29, 0.717) is 57.6 Å². The van der Waals surface area contributed by atoms with E-state index in [4.69, 9.17) is 22.8 Å². The molecule has 0 aliphatic carbocycles. The van der Waals surface area contributed by atoms with E-state index >= 15 is 0 Å². The van der Waals surface area contributed by atoms with Crippen LogP contribution in [0.25, 0.3) is 0 Å². The Hall–Kier alpha value is 0.356. The Morgan fingerprint density at radius 2 is 1.27 bits per heavy atom. The van der Waals surface area contributed by atoms with Crippen molar-refractivity contribution in [1.29, 1.82) is 0 Å². The maximum absolute atomic E-state index is 10.9. The molecule has 0 aliphatic heterocycles. The Morgan fingerprint density at radius 1 is 0.864 bits per heavy atom. The van der Waals surface area contributed by atoms with Crippen LogP contribution in [0, 0.1) is 13.8 Å². The van der Waals surface area contributed by atoms with Gasteiger partial charge in [-0.25, -0.2) is 12.6 Å². The van der Waals surface area contributed by atoms with Crippen LogP contribution < -0.4 is 0 Å². The van der Waals surface area contributed by atoms with Gasteiger partial charge in [-0.1, -0.05) is 6.61 Å². The van der Waals surface area contributed by atoms with Gasteiger partial charge < -0.3 is 32.8 Å². The van der Waals surface area contributed by atoms with Crippen molar-refractivity contribution >= 4 is 31.2 Å². The number of rotatable bonds is 12. The van der Waals surface area contributed by atoms with Gasteiger partial charge in [0.1, 0.15) is 6.61 Å². The van der Waals surface area contributed by atoms with Gasteiger partial charge in [-0.15, -0.1) is 5.75 Å². The zero-order valence-corrected chi connectivity index (χ0v) is 15.5. The summed E-state index contributed by atoms with van der Waals surface area (Å²) in [5, 5.41) is 0. The summed E-state index contributed by atoms with van der Waals surface area (Å²) in [4.78, 5) is 10.9. The summed E-state index contributed by atoms with van der Waals surface area (Å²) in [6, 6.07) is 0. The zero-order valence-electron chi connectivity index (χ0n) is 12.7. The van der Waals surface area contributed by atoms with Crippen molar-refractivity contribution < 1.29 is 43.3 Å². The summed E-state index contributed by atoms with van der Waals surface area (Å²) in [6.45, 7) is 10.1. The quantitative estimate of drug-likeness (QED) is 0.223. The molecule has 0 fully saturated rings. The Bertz CT molecular complexity index is 213. The summed E-state index contributed by atoms with van der Waals surface area (Å²) in [7, 11) is 0. The third-order valence-corrected chi connectivity index (χ3v) is 1.92. The third kappa shape index (κ3) is 32.3. The molecule has 22 heavy (non-hydrogen) atoms. The van der Waals surface area contributed by atoms with E-state index in [1.54, 1.807) is 0 Å². The molecule has 0 saturated heterocycles.